The minimum Gasteiger partial charge on any atom is -0.370 e. The molecular weight excluding hydrogens is 309 g/mol. The minimum atomic E-state index is -0.827. The van der Waals surface area contributed by atoms with Crippen molar-refractivity contribution in [2.24, 2.45) is 0 Å². The number of hydrogen-bond donors (Lipinski definition) is 2. The molecule has 0 unspecified atom stereocenters. The smallest absolute Gasteiger partial charge is 0.252 e. The second-order valence-electron chi connectivity index (χ2n) is 6.19. The van der Waals surface area contributed by atoms with Crippen LogP contribution in [0.15, 0.2) is 48.5 Å². The molecule has 0 bridgehead atoms. The fraction of sp³-hybridized carbons (Fsp3) is 0.222. The van der Waals surface area contributed by atoms with Crippen molar-refractivity contribution in [3.63, 3.8) is 0 Å². The fourth-order valence-electron chi connectivity index (χ4n) is 2.70. The number of fused-ring (bicyclic) bond motifs is 1. The number of hydrogen-bond acceptors (Lipinski definition) is 3. The third kappa shape index (κ3) is 2.95. The van der Waals surface area contributed by atoms with Gasteiger partial charge in [-0.05, 0) is 38.1 Å². The second kappa shape index (κ2) is 5.96. The molecule has 1 aliphatic heterocycles. The van der Waals surface area contributed by atoms with Crippen molar-refractivity contribution >= 4 is 28.9 Å². The zero-order chi connectivity index (χ0) is 17.3. The fourth-order valence-corrected chi connectivity index (χ4v) is 2.70. The van der Waals surface area contributed by atoms with Crippen LogP contribution in [0, 0.1) is 5.82 Å². The summed E-state index contributed by atoms with van der Waals surface area (Å²) in [6.07, 6.45) is 0. The molecule has 0 atom stereocenters. The maximum absolute atomic E-state index is 13.7. The monoisotopic (exact) mass is 327 g/mol. The highest BCUT2D eigenvalue weighted by Crippen LogP contribution is 2.34. The number of para-hydroxylation sites is 3. The van der Waals surface area contributed by atoms with Gasteiger partial charge in [0.1, 0.15) is 17.9 Å². The van der Waals surface area contributed by atoms with Gasteiger partial charge in [-0.3, -0.25) is 14.5 Å². The molecule has 0 spiro atoms. The standard InChI is InChI=1S/C18H18FN3O2/c1-18(2)17(24)22(15-10-6-5-9-14(15)21-18)11-16(23)20-13-8-4-3-7-12(13)19/h3-10,21H,11H2,1-2H3,(H,20,23). The van der Waals surface area contributed by atoms with Crippen LogP contribution in [0.25, 0.3) is 0 Å². The molecule has 0 saturated heterocycles. The molecule has 124 valence electrons. The average Bonchev–Trinajstić information content (AvgIpc) is 2.54. The quantitative estimate of drug-likeness (QED) is 0.911. The molecule has 3 rings (SSSR count). The summed E-state index contributed by atoms with van der Waals surface area (Å²) >= 11 is 0. The largest absolute Gasteiger partial charge is 0.370 e. The number of anilines is 3. The Morgan fingerprint density at radius 3 is 2.58 bits per heavy atom. The molecule has 0 aromatic heterocycles. The van der Waals surface area contributed by atoms with E-state index in [4.69, 9.17) is 0 Å². The Hall–Kier alpha value is -2.89. The van der Waals surface area contributed by atoms with Crippen molar-refractivity contribution < 1.29 is 14.0 Å². The van der Waals surface area contributed by atoms with Crippen LogP contribution in [0.3, 0.4) is 0 Å². The van der Waals surface area contributed by atoms with Crippen LogP contribution >= 0.6 is 0 Å². The van der Waals surface area contributed by atoms with Crippen LogP contribution in [0.5, 0.6) is 0 Å². The van der Waals surface area contributed by atoms with Crippen molar-refractivity contribution in [2.45, 2.75) is 19.4 Å². The van der Waals surface area contributed by atoms with Crippen molar-refractivity contribution in [3.05, 3.63) is 54.3 Å². The predicted molar refractivity (Wildman–Crippen MR) is 91.5 cm³/mol. The maximum atomic E-state index is 13.7. The molecule has 1 heterocycles. The maximum Gasteiger partial charge on any atom is 0.252 e. The lowest BCUT2D eigenvalue weighted by Crippen LogP contribution is -2.55. The highest BCUT2D eigenvalue weighted by Gasteiger charge is 2.39. The van der Waals surface area contributed by atoms with E-state index in [-0.39, 0.29) is 18.1 Å². The summed E-state index contributed by atoms with van der Waals surface area (Å²) in [5, 5.41) is 5.67. The Morgan fingerprint density at radius 1 is 1.17 bits per heavy atom. The van der Waals surface area contributed by atoms with Gasteiger partial charge in [0.25, 0.3) is 5.91 Å². The van der Waals surface area contributed by atoms with Crippen LogP contribution in [-0.4, -0.2) is 23.9 Å². The zero-order valence-corrected chi connectivity index (χ0v) is 13.5. The molecule has 6 heteroatoms. The molecule has 0 fully saturated rings. The van der Waals surface area contributed by atoms with E-state index in [1.54, 1.807) is 38.1 Å². The number of halogens is 1. The summed E-state index contributed by atoms with van der Waals surface area (Å²) in [5.74, 6) is -1.19. The van der Waals surface area contributed by atoms with Crippen LogP contribution in [-0.2, 0) is 9.59 Å². The van der Waals surface area contributed by atoms with Crippen molar-refractivity contribution in [2.75, 3.05) is 22.1 Å². The average molecular weight is 327 g/mol. The van der Waals surface area contributed by atoms with Crippen LogP contribution < -0.4 is 15.5 Å². The van der Waals surface area contributed by atoms with Gasteiger partial charge in [-0.2, -0.15) is 0 Å². The first-order valence-corrected chi connectivity index (χ1v) is 7.62. The molecule has 2 N–H and O–H groups in total. The lowest BCUT2D eigenvalue weighted by atomic mass is 9.98. The molecule has 5 nitrogen and oxygen atoms in total. The number of amides is 2. The first-order chi connectivity index (χ1) is 11.4. The summed E-state index contributed by atoms with van der Waals surface area (Å²) in [5.41, 5.74) is 0.677. The molecule has 2 aromatic rings. The number of carbonyl (C=O) groups is 2. The lowest BCUT2D eigenvalue weighted by Gasteiger charge is -2.39. The van der Waals surface area contributed by atoms with Gasteiger partial charge >= 0.3 is 0 Å². The predicted octanol–water partition coefficient (Wildman–Crippen LogP) is 3.00. The molecular formula is C18H18FN3O2. The third-order valence-electron chi connectivity index (χ3n) is 3.87. The first kappa shape index (κ1) is 16.0. The lowest BCUT2D eigenvalue weighted by molar-refractivity contribution is -0.124. The van der Waals surface area contributed by atoms with E-state index in [1.165, 1.54) is 17.0 Å². The molecule has 1 aliphatic rings. The van der Waals surface area contributed by atoms with Crippen molar-refractivity contribution in [1.82, 2.24) is 0 Å². The van der Waals surface area contributed by atoms with E-state index in [1.807, 2.05) is 12.1 Å². The van der Waals surface area contributed by atoms with Crippen molar-refractivity contribution in [1.29, 1.82) is 0 Å². The van der Waals surface area contributed by atoms with Gasteiger partial charge in [0.05, 0.1) is 17.1 Å². The summed E-state index contributed by atoms with van der Waals surface area (Å²) in [7, 11) is 0. The Bertz CT molecular complexity index is 804. The number of nitrogens with zero attached hydrogens (tertiary/aromatic N) is 1. The van der Waals surface area contributed by atoms with Crippen molar-refractivity contribution in [3.8, 4) is 0 Å². The van der Waals surface area contributed by atoms with E-state index in [0.29, 0.717) is 5.69 Å². The van der Waals surface area contributed by atoms with Gasteiger partial charge < -0.3 is 10.6 Å². The Labute approximate surface area is 139 Å². The topological polar surface area (TPSA) is 61.4 Å². The molecule has 24 heavy (non-hydrogen) atoms. The van der Waals surface area contributed by atoms with Gasteiger partial charge in [0.15, 0.2) is 0 Å². The highest BCUT2D eigenvalue weighted by molar-refractivity contribution is 6.11. The Morgan fingerprint density at radius 2 is 1.83 bits per heavy atom. The molecule has 0 saturated carbocycles. The molecule has 2 amide bonds. The summed E-state index contributed by atoms with van der Waals surface area (Å²) < 4.78 is 13.7. The third-order valence-corrected chi connectivity index (χ3v) is 3.87. The van der Waals surface area contributed by atoms with E-state index in [0.717, 1.165) is 5.69 Å². The van der Waals surface area contributed by atoms with E-state index >= 15 is 0 Å². The molecule has 2 aromatic carbocycles. The Kier molecular flexibility index (Phi) is 3.97. The molecule has 0 aliphatic carbocycles. The van der Waals surface area contributed by atoms with Gasteiger partial charge in [-0.1, -0.05) is 24.3 Å². The SMILES string of the molecule is CC1(C)Nc2ccccc2N(CC(=O)Nc2ccccc2F)C1=O. The number of rotatable bonds is 3. The second-order valence-corrected chi connectivity index (χ2v) is 6.19. The van der Waals surface area contributed by atoms with E-state index in [9.17, 15) is 14.0 Å². The van der Waals surface area contributed by atoms with Crippen LogP contribution in [0.1, 0.15) is 13.8 Å². The number of nitrogens with one attached hydrogen (secondary N) is 2. The van der Waals surface area contributed by atoms with Gasteiger partial charge in [-0.15, -0.1) is 0 Å². The van der Waals surface area contributed by atoms with Crippen LogP contribution in [0.2, 0.25) is 0 Å². The molecule has 0 radical (unpaired) electrons. The zero-order valence-electron chi connectivity index (χ0n) is 13.5. The van der Waals surface area contributed by atoms with Crippen LogP contribution in [0.4, 0.5) is 21.5 Å². The van der Waals surface area contributed by atoms with Gasteiger partial charge in [-0.25, -0.2) is 4.39 Å². The number of carbonyl (C=O) groups excluding carboxylic acids is 2. The first-order valence-electron chi connectivity index (χ1n) is 7.62. The van der Waals surface area contributed by atoms with E-state index in [2.05, 4.69) is 10.6 Å². The van der Waals surface area contributed by atoms with Gasteiger partial charge in [0, 0.05) is 0 Å². The van der Waals surface area contributed by atoms with Gasteiger partial charge in [0.2, 0.25) is 5.91 Å². The van der Waals surface area contributed by atoms with E-state index < -0.39 is 17.3 Å². The number of benzene rings is 2. The summed E-state index contributed by atoms with van der Waals surface area (Å²) in [6.45, 7) is 3.33. The normalized spacial score (nSPS) is 15.5. The summed E-state index contributed by atoms with van der Waals surface area (Å²) in [4.78, 5) is 26.4. The summed E-state index contributed by atoms with van der Waals surface area (Å²) in [6, 6.07) is 13.2. The highest BCUT2D eigenvalue weighted by atomic mass is 19.1. The minimum absolute atomic E-state index is 0.0950. The Balaban J connectivity index is 1.84.